The summed E-state index contributed by atoms with van der Waals surface area (Å²) in [6.45, 7) is 1.72. The van der Waals surface area contributed by atoms with E-state index in [4.69, 9.17) is 15.7 Å². The van der Waals surface area contributed by atoms with E-state index in [2.05, 4.69) is 11.4 Å². The highest BCUT2D eigenvalue weighted by Crippen LogP contribution is 2.16. The van der Waals surface area contributed by atoms with Gasteiger partial charge in [0.25, 0.3) is 0 Å². The molecule has 3 N–H and O–H groups in total. The predicted octanol–water partition coefficient (Wildman–Crippen LogP) is 2.37. The summed E-state index contributed by atoms with van der Waals surface area (Å²) >= 11 is 0. The summed E-state index contributed by atoms with van der Waals surface area (Å²) < 4.78 is 4.98. The maximum atomic E-state index is 8.84. The molecule has 0 aromatic heterocycles. The molecule has 0 aliphatic heterocycles. The van der Waals surface area contributed by atoms with E-state index in [0.717, 1.165) is 38.1 Å². The van der Waals surface area contributed by atoms with E-state index in [-0.39, 0.29) is 0 Å². The zero-order chi connectivity index (χ0) is 12.5. The van der Waals surface area contributed by atoms with E-state index in [1.165, 1.54) is 0 Å². The summed E-state index contributed by atoms with van der Waals surface area (Å²) in [6, 6.07) is 7.50. The van der Waals surface area contributed by atoms with Gasteiger partial charge in [0.1, 0.15) is 6.07 Å². The molecule has 1 aromatic rings. The fourth-order valence-corrected chi connectivity index (χ4v) is 1.54. The molecule has 0 unspecified atom stereocenters. The number of nitrogens with one attached hydrogen (secondary N) is 1. The van der Waals surface area contributed by atoms with Crippen LogP contribution in [0, 0.1) is 11.3 Å². The average Bonchev–Trinajstić information content (AvgIpc) is 2.35. The van der Waals surface area contributed by atoms with Gasteiger partial charge < -0.3 is 15.8 Å². The number of ether oxygens (including phenoxy) is 1. The van der Waals surface area contributed by atoms with Crippen molar-refractivity contribution < 1.29 is 4.74 Å². The van der Waals surface area contributed by atoms with Gasteiger partial charge in [-0.05, 0) is 37.5 Å². The maximum Gasteiger partial charge on any atom is 0.101 e. The quantitative estimate of drug-likeness (QED) is 0.560. The second kappa shape index (κ2) is 7.53. The van der Waals surface area contributed by atoms with Crippen molar-refractivity contribution in [2.75, 3.05) is 31.3 Å². The first kappa shape index (κ1) is 13.3. The van der Waals surface area contributed by atoms with Gasteiger partial charge >= 0.3 is 0 Å². The third kappa shape index (κ3) is 4.75. The van der Waals surface area contributed by atoms with Gasteiger partial charge in [0.2, 0.25) is 0 Å². The van der Waals surface area contributed by atoms with Gasteiger partial charge in [0.15, 0.2) is 0 Å². The first-order valence-electron chi connectivity index (χ1n) is 5.80. The lowest BCUT2D eigenvalue weighted by atomic mass is 10.1. The van der Waals surface area contributed by atoms with Crippen LogP contribution in [0.25, 0.3) is 0 Å². The van der Waals surface area contributed by atoms with E-state index in [1.54, 1.807) is 19.2 Å². The highest BCUT2D eigenvalue weighted by molar-refractivity contribution is 5.61. The third-order valence-electron chi connectivity index (χ3n) is 2.53. The molecular formula is C13H19N3O. The van der Waals surface area contributed by atoms with Gasteiger partial charge in [-0.3, -0.25) is 0 Å². The number of rotatable bonds is 7. The van der Waals surface area contributed by atoms with Crippen LogP contribution in [0.1, 0.15) is 24.8 Å². The molecule has 0 radical (unpaired) electrons. The highest BCUT2D eigenvalue weighted by atomic mass is 16.5. The minimum atomic E-state index is 0.523. The lowest BCUT2D eigenvalue weighted by Gasteiger charge is -2.07. The highest BCUT2D eigenvalue weighted by Gasteiger charge is 1.99. The summed E-state index contributed by atoms with van der Waals surface area (Å²) in [5.74, 6) is 0. The Hall–Kier alpha value is -1.73. The number of benzene rings is 1. The second-order valence-electron chi connectivity index (χ2n) is 3.89. The van der Waals surface area contributed by atoms with E-state index >= 15 is 0 Å². The molecule has 0 aliphatic carbocycles. The van der Waals surface area contributed by atoms with Crippen molar-refractivity contribution in [3.05, 3.63) is 23.8 Å². The molecule has 0 fully saturated rings. The topological polar surface area (TPSA) is 71.1 Å². The molecule has 0 heterocycles. The first-order valence-corrected chi connectivity index (χ1v) is 5.80. The summed E-state index contributed by atoms with van der Waals surface area (Å²) in [4.78, 5) is 0. The number of nitrogen functional groups attached to an aromatic ring is 1. The smallest absolute Gasteiger partial charge is 0.101 e. The van der Waals surface area contributed by atoms with Crippen molar-refractivity contribution in [2.45, 2.75) is 19.3 Å². The Morgan fingerprint density at radius 2 is 2.18 bits per heavy atom. The van der Waals surface area contributed by atoms with Gasteiger partial charge in [0, 0.05) is 31.6 Å². The minimum Gasteiger partial charge on any atom is -0.398 e. The zero-order valence-electron chi connectivity index (χ0n) is 10.2. The molecule has 4 nitrogen and oxygen atoms in total. The van der Waals surface area contributed by atoms with E-state index < -0.39 is 0 Å². The molecule has 0 saturated carbocycles. The standard InChI is InChI=1S/C13H19N3O/c1-17-8-4-2-3-7-16-12-5-6-13(15)11(9-12)10-14/h5-6,9,16H,2-4,7-8,15H2,1H3. The molecule has 1 aromatic carbocycles. The molecule has 0 bridgehead atoms. The fraction of sp³-hybridized carbons (Fsp3) is 0.462. The molecule has 0 saturated heterocycles. The molecule has 4 heteroatoms. The normalized spacial score (nSPS) is 9.88. The summed E-state index contributed by atoms with van der Waals surface area (Å²) in [5.41, 5.74) is 7.64. The molecule has 0 aliphatic rings. The second-order valence-corrected chi connectivity index (χ2v) is 3.89. The Labute approximate surface area is 102 Å². The molecule has 1 rings (SSSR count). The molecule has 0 atom stereocenters. The third-order valence-corrected chi connectivity index (χ3v) is 2.53. The van der Waals surface area contributed by atoms with Crippen LogP contribution in [-0.2, 0) is 4.74 Å². The lowest BCUT2D eigenvalue weighted by Crippen LogP contribution is -2.03. The zero-order valence-corrected chi connectivity index (χ0v) is 10.2. The number of nitrogens with two attached hydrogens (primary N) is 1. The largest absolute Gasteiger partial charge is 0.398 e. The molecule has 0 amide bonds. The average molecular weight is 233 g/mol. The van der Waals surface area contributed by atoms with Crippen molar-refractivity contribution in [1.82, 2.24) is 0 Å². The van der Waals surface area contributed by atoms with Crippen molar-refractivity contribution in [3.8, 4) is 6.07 Å². The lowest BCUT2D eigenvalue weighted by molar-refractivity contribution is 0.192. The Bertz CT molecular complexity index is 385. The molecule has 17 heavy (non-hydrogen) atoms. The number of nitriles is 1. The number of nitrogens with zero attached hydrogens (tertiary/aromatic N) is 1. The minimum absolute atomic E-state index is 0.523. The van der Waals surface area contributed by atoms with Gasteiger partial charge in [-0.15, -0.1) is 0 Å². The molecule has 0 spiro atoms. The fourth-order valence-electron chi connectivity index (χ4n) is 1.54. The van der Waals surface area contributed by atoms with E-state index in [0.29, 0.717) is 11.3 Å². The summed E-state index contributed by atoms with van der Waals surface area (Å²) in [5, 5.41) is 12.1. The van der Waals surface area contributed by atoms with Crippen molar-refractivity contribution in [1.29, 1.82) is 5.26 Å². The van der Waals surface area contributed by atoms with E-state index in [9.17, 15) is 0 Å². The Kier molecular flexibility index (Phi) is 5.91. The summed E-state index contributed by atoms with van der Waals surface area (Å²) in [7, 11) is 1.72. The predicted molar refractivity (Wildman–Crippen MR) is 69.8 cm³/mol. The summed E-state index contributed by atoms with van der Waals surface area (Å²) in [6.07, 6.45) is 3.32. The number of anilines is 2. The van der Waals surface area contributed by atoms with Crippen LogP contribution in [0.15, 0.2) is 18.2 Å². The number of methoxy groups -OCH3 is 1. The van der Waals surface area contributed by atoms with Crippen LogP contribution in [0.2, 0.25) is 0 Å². The van der Waals surface area contributed by atoms with Gasteiger partial charge in [-0.1, -0.05) is 0 Å². The van der Waals surface area contributed by atoms with Crippen LogP contribution < -0.4 is 11.1 Å². The van der Waals surface area contributed by atoms with Gasteiger partial charge in [-0.25, -0.2) is 0 Å². The van der Waals surface area contributed by atoms with Crippen molar-refractivity contribution >= 4 is 11.4 Å². The van der Waals surface area contributed by atoms with Crippen molar-refractivity contribution in [2.24, 2.45) is 0 Å². The van der Waals surface area contributed by atoms with Gasteiger partial charge in [0.05, 0.1) is 5.56 Å². The maximum absolute atomic E-state index is 8.84. The Morgan fingerprint density at radius 1 is 1.35 bits per heavy atom. The molecule has 92 valence electrons. The Morgan fingerprint density at radius 3 is 2.88 bits per heavy atom. The number of hydrogen-bond donors (Lipinski definition) is 2. The number of hydrogen-bond acceptors (Lipinski definition) is 4. The number of unbranched alkanes of at least 4 members (excludes halogenated alkanes) is 2. The SMILES string of the molecule is COCCCCCNc1ccc(N)c(C#N)c1. The molecular weight excluding hydrogens is 214 g/mol. The monoisotopic (exact) mass is 233 g/mol. The van der Waals surface area contributed by atoms with Gasteiger partial charge in [-0.2, -0.15) is 5.26 Å². The van der Waals surface area contributed by atoms with Crippen LogP contribution in [0.4, 0.5) is 11.4 Å². The van der Waals surface area contributed by atoms with Crippen LogP contribution in [0.5, 0.6) is 0 Å². The van der Waals surface area contributed by atoms with Crippen molar-refractivity contribution in [3.63, 3.8) is 0 Å². The Balaban J connectivity index is 2.30. The van der Waals surface area contributed by atoms with E-state index in [1.807, 2.05) is 6.07 Å². The first-order chi connectivity index (χ1) is 8.27. The van der Waals surface area contributed by atoms with Crippen LogP contribution >= 0.6 is 0 Å². The van der Waals surface area contributed by atoms with Crippen LogP contribution in [-0.4, -0.2) is 20.3 Å². The van der Waals surface area contributed by atoms with Crippen LogP contribution in [0.3, 0.4) is 0 Å².